The van der Waals surface area contributed by atoms with Crippen LogP contribution in [0.1, 0.15) is 45.4 Å². The van der Waals surface area contributed by atoms with Crippen molar-refractivity contribution in [2.24, 2.45) is 11.7 Å². The van der Waals surface area contributed by atoms with Crippen LogP contribution in [0.25, 0.3) is 0 Å². The molecule has 0 heterocycles. The van der Waals surface area contributed by atoms with Gasteiger partial charge in [-0.1, -0.05) is 19.8 Å². The van der Waals surface area contributed by atoms with Gasteiger partial charge in [-0.15, -0.1) is 0 Å². The molecule has 0 bridgehead atoms. The van der Waals surface area contributed by atoms with Gasteiger partial charge in [0.25, 0.3) is 0 Å². The van der Waals surface area contributed by atoms with Crippen molar-refractivity contribution in [3.8, 4) is 0 Å². The number of primary amides is 1. The minimum absolute atomic E-state index is 0.101. The molecule has 76 valence electrons. The first-order chi connectivity index (χ1) is 6.24. The van der Waals surface area contributed by atoms with Crippen molar-refractivity contribution in [2.75, 3.05) is 0 Å². The van der Waals surface area contributed by atoms with Crippen LogP contribution in [0.2, 0.25) is 0 Å². The van der Waals surface area contributed by atoms with Gasteiger partial charge in [-0.2, -0.15) is 0 Å². The van der Waals surface area contributed by atoms with Gasteiger partial charge < -0.3 is 10.5 Å². The summed E-state index contributed by atoms with van der Waals surface area (Å²) in [5.41, 5.74) is 5.00. The number of unbranched alkanes of at least 4 members (excludes halogenated alkanes) is 2. The molecule has 0 aromatic rings. The van der Waals surface area contributed by atoms with Crippen molar-refractivity contribution in [3.05, 3.63) is 0 Å². The summed E-state index contributed by atoms with van der Waals surface area (Å²) in [4.78, 5) is 10.6. The van der Waals surface area contributed by atoms with Crippen molar-refractivity contribution in [1.82, 2.24) is 0 Å². The Morgan fingerprint density at radius 1 is 1.54 bits per heavy atom. The van der Waals surface area contributed by atoms with E-state index in [1.807, 2.05) is 0 Å². The van der Waals surface area contributed by atoms with Crippen molar-refractivity contribution < 1.29 is 9.53 Å². The van der Waals surface area contributed by atoms with E-state index in [1.54, 1.807) is 0 Å². The number of nitrogens with two attached hydrogens (primary N) is 1. The molecule has 1 atom stereocenters. The molecular weight excluding hydrogens is 166 g/mol. The van der Waals surface area contributed by atoms with Gasteiger partial charge in [0.15, 0.2) is 0 Å². The quantitative estimate of drug-likeness (QED) is 0.646. The number of hydrogen-bond acceptors (Lipinski definition) is 2. The fourth-order valence-electron chi connectivity index (χ4n) is 1.60. The third kappa shape index (κ3) is 4.15. The number of ether oxygens (including phenoxy) is 1. The van der Waals surface area contributed by atoms with Gasteiger partial charge in [0.1, 0.15) is 6.10 Å². The standard InChI is InChI=1S/C10H19NO2/c1-2-3-4-5-9(8-6-7-8)13-10(11)12/h8-9H,2-7H2,1H3,(H2,11,12). The van der Waals surface area contributed by atoms with Crippen LogP contribution < -0.4 is 5.73 Å². The summed E-state index contributed by atoms with van der Waals surface area (Å²) in [5.74, 6) is 0.601. The molecule has 3 nitrogen and oxygen atoms in total. The third-order valence-electron chi connectivity index (χ3n) is 2.51. The highest BCUT2D eigenvalue weighted by atomic mass is 16.6. The lowest BCUT2D eigenvalue weighted by molar-refractivity contribution is 0.0862. The van der Waals surface area contributed by atoms with Crippen LogP contribution in [-0.4, -0.2) is 12.2 Å². The normalized spacial score (nSPS) is 18.2. The Bertz CT molecular complexity index is 166. The summed E-state index contributed by atoms with van der Waals surface area (Å²) < 4.78 is 5.06. The SMILES string of the molecule is CCCCCC(OC(N)=O)C1CC1. The average Bonchev–Trinajstić information content (AvgIpc) is 2.84. The van der Waals surface area contributed by atoms with Crippen LogP contribution >= 0.6 is 0 Å². The average molecular weight is 185 g/mol. The van der Waals surface area contributed by atoms with Crippen LogP contribution in [0.15, 0.2) is 0 Å². The molecule has 0 aliphatic heterocycles. The molecule has 0 radical (unpaired) electrons. The second-order valence-electron chi connectivity index (χ2n) is 3.81. The van der Waals surface area contributed by atoms with E-state index >= 15 is 0 Å². The molecule has 3 heteroatoms. The van der Waals surface area contributed by atoms with Gasteiger partial charge in [0.2, 0.25) is 0 Å². The Balaban J connectivity index is 2.17. The summed E-state index contributed by atoms with van der Waals surface area (Å²) in [6.07, 6.45) is 6.43. The molecular formula is C10H19NO2. The predicted octanol–water partition coefficient (Wildman–Crippen LogP) is 2.44. The zero-order valence-corrected chi connectivity index (χ0v) is 8.29. The first-order valence-corrected chi connectivity index (χ1v) is 5.20. The second-order valence-corrected chi connectivity index (χ2v) is 3.81. The van der Waals surface area contributed by atoms with E-state index in [1.165, 1.54) is 25.7 Å². The van der Waals surface area contributed by atoms with E-state index in [2.05, 4.69) is 6.92 Å². The minimum atomic E-state index is -0.617. The highest BCUT2D eigenvalue weighted by Crippen LogP contribution is 2.36. The van der Waals surface area contributed by atoms with Crippen LogP contribution in [0, 0.1) is 5.92 Å². The van der Waals surface area contributed by atoms with Gasteiger partial charge in [-0.05, 0) is 31.6 Å². The van der Waals surface area contributed by atoms with Crippen molar-refractivity contribution in [1.29, 1.82) is 0 Å². The lowest BCUT2D eigenvalue weighted by atomic mass is 10.1. The zero-order chi connectivity index (χ0) is 9.68. The Morgan fingerprint density at radius 2 is 2.23 bits per heavy atom. The summed E-state index contributed by atoms with van der Waals surface area (Å²) in [7, 11) is 0. The van der Waals surface area contributed by atoms with Crippen LogP contribution in [0.5, 0.6) is 0 Å². The Kier molecular flexibility index (Phi) is 4.06. The van der Waals surface area contributed by atoms with E-state index in [0.717, 1.165) is 12.8 Å². The fourth-order valence-corrected chi connectivity index (χ4v) is 1.60. The predicted molar refractivity (Wildman–Crippen MR) is 51.3 cm³/mol. The molecule has 1 saturated carbocycles. The largest absolute Gasteiger partial charge is 0.446 e. The monoisotopic (exact) mass is 185 g/mol. The first kappa shape index (κ1) is 10.4. The van der Waals surface area contributed by atoms with Gasteiger partial charge in [-0.3, -0.25) is 0 Å². The Hall–Kier alpha value is -0.730. The van der Waals surface area contributed by atoms with E-state index in [0.29, 0.717) is 5.92 Å². The third-order valence-corrected chi connectivity index (χ3v) is 2.51. The number of carbonyl (C=O) groups excluding carboxylic acids is 1. The van der Waals surface area contributed by atoms with Crippen molar-refractivity contribution in [3.63, 3.8) is 0 Å². The summed E-state index contributed by atoms with van der Waals surface area (Å²) >= 11 is 0. The van der Waals surface area contributed by atoms with Gasteiger partial charge in [-0.25, -0.2) is 4.79 Å². The molecule has 2 N–H and O–H groups in total. The number of hydrogen-bond donors (Lipinski definition) is 1. The molecule has 0 saturated heterocycles. The van der Waals surface area contributed by atoms with Crippen LogP contribution in [0.4, 0.5) is 4.79 Å². The van der Waals surface area contributed by atoms with Gasteiger partial charge >= 0.3 is 6.09 Å². The van der Waals surface area contributed by atoms with Crippen LogP contribution in [0.3, 0.4) is 0 Å². The lowest BCUT2D eigenvalue weighted by Crippen LogP contribution is -2.24. The van der Waals surface area contributed by atoms with Crippen LogP contribution in [-0.2, 0) is 4.74 Å². The number of carbonyl (C=O) groups is 1. The number of rotatable bonds is 6. The van der Waals surface area contributed by atoms with Gasteiger partial charge in [0.05, 0.1) is 0 Å². The summed E-state index contributed by atoms with van der Waals surface area (Å²) in [5, 5.41) is 0. The van der Waals surface area contributed by atoms with E-state index < -0.39 is 6.09 Å². The maximum Gasteiger partial charge on any atom is 0.404 e. The van der Waals surface area contributed by atoms with Gasteiger partial charge in [0, 0.05) is 0 Å². The molecule has 1 rings (SSSR count). The molecule has 0 aromatic heterocycles. The van der Waals surface area contributed by atoms with E-state index in [4.69, 9.17) is 10.5 Å². The molecule has 0 aromatic carbocycles. The van der Waals surface area contributed by atoms with E-state index in [-0.39, 0.29) is 6.10 Å². The molecule has 1 amide bonds. The second kappa shape index (κ2) is 5.10. The van der Waals surface area contributed by atoms with Crippen molar-refractivity contribution >= 4 is 6.09 Å². The lowest BCUT2D eigenvalue weighted by Gasteiger charge is -2.15. The van der Waals surface area contributed by atoms with Crippen molar-refractivity contribution in [2.45, 2.75) is 51.6 Å². The maximum absolute atomic E-state index is 10.6. The summed E-state index contributed by atoms with van der Waals surface area (Å²) in [6, 6.07) is 0. The van der Waals surface area contributed by atoms with E-state index in [9.17, 15) is 4.79 Å². The zero-order valence-electron chi connectivity index (χ0n) is 8.29. The Labute approximate surface area is 79.6 Å². The Morgan fingerprint density at radius 3 is 2.69 bits per heavy atom. The smallest absolute Gasteiger partial charge is 0.404 e. The minimum Gasteiger partial charge on any atom is -0.446 e. The molecule has 1 aliphatic carbocycles. The maximum atomic E-state index is 10.6. The topological polar surface area (TPSA) is 52.3 Å². The highest BCUT2D eigenvalue weighted by Gasteiger charge is 2.33. The molecule has 13 heavy (non-hydrogen) atoms. The molecule has 1 aliphatic rings. The highest BCUT2D eigenvalue weighted by molar-refractivity contribution is 5.64. The summed E-state index contributed by atoms with van der Waals surface area (Å²) in [6.45, 7) is 2.17. The molecule has 0 spiro atoms. The fraction of sp³-hybridized carbons (Fsp3) is 0.900. The molecule has 1 fully saturated rings. The molecule has 1 unspecified atom stereocenters. The first-order valence-electron chi connectivity index (χ1n) is 5.20. The number of amides is 1.